The van der Waals surface area contributed by atoms with Gasteiger partial charge in [-0.05, 0) is 31.6 Å². The third kappa shape index (κ3) is 5.35. The van der Waals surface area contributed by atoms with Crippen LogP contribution in [0.1, 0.15) is 71.1 Å². The summed E-state index contributed by atoms with van der Waals surface area (Å²) in [5, 5.41) is 8.47. The van der Waals surface area contributed by atoms with Gasteiger partial charge in [0.15, 0.2) is 0 Å². The molecule has 0 atom stereocenters. The maximum Gasteiger partial charge on any atom is 0.137 e. The van der Waals surface area contributed by atoms with Crippen LogP contribution in [0.5, 0.6) is 0 Å². The van der Waals surface area contributed by atoms with Crippen molar-refractivity contribution in [2.75, 3.05) is 0 Å². The van der Waals surface area contributed by atoms with Gasteiger partial charge in [-0.15, -0.1) is 0 Å². The number of hydrogen-bond acceptors (Lipinski definition) is 2. The molecule has 0 unspecified atom stereocenters. The van der Waals surface area contributed by atoms with E-state index in [1.54, 1.807) is 0 Å². The molecule has 2 nitrogen and oxygen atoms in total. The molecule has 0 saturated heterocycles. The van der Waals surface area contributed by atoms with E-state index in [2.05, 4.69) is 13.0 Å². The fourth-order valence-corrected chi connectivity index (χ4v) is 2.84. The molecule has 0 spiro atoms. The topological polar surface area (TPSA) is 40.9 Å². The second-order valence-corrected chi connectivity index (χ2v) is 5.34. The van der Waals surface area contributed by atoms with Crippen molar-refractivity contribution >= 4 is 5.78 Å². The van der Waals surface area contributed by atoms with Gasteiger partial charge in [0.1, 0.15) is 5.78 Å². The van der Waals surface area contributed by atoms with Crippen LogP contribution in [0.2, 0.25) is 0 Å². The van der Waals surface area contributed by atoms with Crippen molar-refractivity contribution < 1.29 is 4.79 Å². The highest BCUT2D eigenvalue weighted by Crippen LogP contribution is 2.33. The zero-order valence-corrected chi connectivity index (χ0v) is 11.1. The Kier molecular flexibility index (Phi) is 6.93. The molecule has 0 aromatic heterocycles. The van der Waals surface area contributed by atoms with E-state index >= 15 is 0 Å². The van der Waals surface area contributed by atoms with Gasteiger partial charge in [0.2, 0.25) is 0 Å². The molecule has 1 rings (SSSR count). The monoisotopic (exact) mass is 235 g/mol. The minimum absolute atomic E-state index is 0.269. The van der Waals surface area contributed by atoms with Crippen LogP contribution in [0.4, 0.5) is 0 Å². The van der Waals surface area contributed by atoms with Crippen LogP contribution in [0.15, 0.2) is 0 Å². The Balaban J connectivity index is 2.17. The molecule has 1 fully saturated rings. The van der Waals surface area contributed by atoms with Crippen LogP contribution in [0.25, 0.3) is 0 Å². The lowest BCUT2D eigenvalue weighted by Gasteiger charge is -2.27. The Hall–Kier alpha value is -0.840. The molecule has 96 valence electrons. The van der Waals surface area contributed by atoms with E-state index in [4.69, 9.17) is 5.26 Å². The summed E-state index contributed by atoms with van der Waals surface area (Å²) in [5.74, 6) is 1.46. The zero-order chi connectivity index (χ0) is 12.5. The summed E-state index contributed by atoms with van der Waals surface area (Å²) >= 11 is 0. The Morgan fingerprint density at radius 1 is 1.24 bits per heavy atom. The zero-order valence-electron chi connectivity index (χ0n) is 11.1. The van der Waals surface area contributed by atoms with Gasteiger partial charge in [0.05, 0.1) is 6.07 Å². The summed E-state index contributed by atoms with van der Waals surface area (Å²) in [4.78, 5) is 11.8. The molecule has 0 aliphatic heterocycles. The van der Waals surface area contributed by atoms with Gasteiger partial charge >= 0.3 is 0 Å². The third-order valence-electron chi connectivity index (χ3n) is 4.00. The minimum atomic E-state index is 0.269. The largest absolute Gasteiger partial charge is 0.299 e. The molecule has 0 bridgehead atoms. The molecule has 1 aliphatic rings. The summed E-state index contributed by atoms with van der Waals surface area (Å²) in [5.41, 5.74) is 0. The lowest BCUT2D eigenvalue weighted by atomic mass is 9.77. The molecule has 0 amide bonds. The standard InChI is InChI=1S/C15H25NO/c1-2-3-4-6-13-8-10-14(11-9-13)15(17)7-5-12-16/h13-14H,2-11H2,1H3. The van der Waals surface area contributed by atoms with Crippen molar-refractivity contribution in [1.29, 1.82) is 5.26 Å². The molecule has 17 heavy (non-hydrogen) atoms. The maximum atomic E-state index is 11.8. The van der Waals surface area contributed by atoms with Gasteiger partial charge in [0.25, 0.3) is 0 Å². The fourth-order valence-electron chi connectivity index (χ4n) is 2.84. The molecular weight excluding hydrogens is 210 g/mol. The SMILES string of the molecule is CCCCCC1CCC(C(=O)CCC#N)CC1. The Bertz CT molecular complexity index is 259. The molecule has 2 heteroatoms. The number of nitrogens with zero attached hydrogens (tertiary/aromatic N) is 1. The van der Waals surface area contributed by atoms with Crippen LogP contribution in [0.3, 0.4) is 0 Å². The number of nitriles is 1. The maximum absolute atomic E-state index is 11.8. The molecule has 0 heterocycles. The highest BCUT2D eigenvalue weighted by Gasteiger charge is 2.25. The van der Waals surface area contributed by atoms with E-state index in [9.17, 15) is 4.79 Å². The number of Topliss-reactive ketones (excluding diaryl/α,β-unsaturated/α-hetero) is 1. The summed E-state index contributed by atoms with van der Waals surface area (Å²) in [6, 6.07) is 2.06. The summed E-state index contributed by atoms with van der Waals surface area (Å²) < 4.78 is 0. The lowest BCUT2D eigenvalue weighted by Crippen LogP contribution is -2.21. The van der Waals surface area contributed by atoms with E-state index in [1.165, 1.54) is 38.5 Å². The van der Waals surface area contributed by atoms with Gasteiger partial charge in [-0.2, -0.15) is 5.26 Å². The molecule has 1 aliphatic carbocycles. The molecule has 0 aromatic rings. The van der Waals surface area contributed by atoms with Crippen molar-refractivity contribution in [3.63, 3.8) is 0 Å². The first kappa shape index (κ1) is 14.2. The van der Waals surface area contributed by atoms with Gasteiger partial charge < -0.3 is 0 Å². The Morgan fingerprint density at radius 2 is 1.94 bits per heavy atom. The lowest BCUT2D eigenvalue weighted by molar-refractivity contribution is -0.124. The highest BCUT2D eigenvalue weighted by atomic mass is 16.1. The quantitative estimate of drug-likeness (QED) is 0.619. The first-order valence-electron chi connectivity index (χ1n) is 7.17. The number of rotatable bonds is 7. The van der Waals surface area contributed by atoms with Crippen molar-refractivity contribution in [1.82, 2.24) is 0 Å². The van der Waals surface area contributed by atoms with Crippen molar-refractivity contribution in [2.24, 2.45) is 11.8 Å². The number of ketones is 1. The molecule has 0 radical (unpaired) electrons. The minimum Gasteiger partial charge on any atom is -0.299 e. The second kappa shape index (κ2) is 8.28. The van der Waals surface area contributed by atoms with E-state index in [-0.39, 0.29) is 5.92 Å². The summed E-state index contributed by atoms with van der Waals surface area (Å²) in [6.45, 7) is 2.24. The average Bonchev–Trinajstić information content (AvgIpc) is 2.37. The van der Waals surface area contributed by atoms with Crippen LogP contribution in [0, 0.1) is 23.2 Å². The van der Waals surface area contributed by atoms with Crippen LogP contribution < -0.4 is 0 Å². The van der Waals surface area contributed by atoms with Crippen LogP contribution in [-0.4, -0.2) is 5.78 Å². The van der Waals surface area contributed by atoms with Crippen molar-refractivity contribution in [3.8, 4) is 6.07 Å². The number of hydrogen-bond donors (Lipinski definition) is 0. The van der Waals surface area contributed by atoms with Crippen molar-refractivity contribution in [2.45, 2.75) is 71.1 Å². The average molecular weight is 235 g/mol. The van der Waals surface area contributed by atoms with Crippen LogP contribution in [-0.2, 0) is 4.79 Å². The molecule has 0 aromatic carbocycles. The van der Waals surface area contributed by atoms with Crippen molar-refractivity contribution in [3.05, 3.63) is 0 Å². The van der Waals surface area contributed by atoms with Crippen LogP contribution >= 0.6 is 0 Å². The molecule has 0 N–H and O–H groups in total. The smallest absolute Gasteiger partial charge is 0.137 e. The number of carbonyl (C=O) groups is 1. The summed E-state index contributed by atoms with van der Waals surface area (Å²) in [6.07, 6.45) is 10.8. The van der Waals surface area contributed by atoms with Gasteiger partial charge in [-0.1, -0.05) is 32.6 Å². The molecule has 1 saturated carbocycles. The Labute approximate surface area is 105 Å². The van der Waals surface area contributed by atoms with E-state index < -0.39 is 0 Å². The number of unbranched alkanes of at least 4 members (excludes halogenated alkanes) is 2. The first-order valence-corrected chi connectivity index (χ1v) is 7.17. The highest BCUT2D eigenvalue weighted by molar-refractivity contribution is 5.81. The van der Waals surface area contributed by atoms with Gasteiger partial charge in [0, 0.05) is 18.8 Å². The predicted molar refractivity (Wildman–Crippen MR) is 69.4 cm³/mol. The van der Waals surface area contributed by atoms with E-state index in [0.717, 1.165) is 18.8 Å². The summed E-state index contributed by atoms with van der Waals surface area (Å²) in [7, 11) is 0. The predicted octanol–water partition coefficient (Wildman–Crippen LogP) is 4.25. The van der Waals surface area contributed by atoms with Gasteiger partial charge in [-0.3, -0.25) is 4.79 Å². The fraction of sp³-hybridized carbons (Fsp3) is 0.867. The molecular formula is C15H25NO. The van der Waals surface area contributed by atoms with Gasteiger partial charge in [-0.25, -0.2) is 0 Å². The Morgan fingerprint density at radius 3 is 2.53 bits per heavy atom. The second-order valence-electron chi connectivity index (χ2n) is 5.34. The number of carbonyl (C=O) groups excluding carboxylic acids is 1. The van der Waals surface area contributed by atoms with E-state index in [0.29, 0.717) is 18.6 Å². The normalized spacial score (nSPS) is 24.2. The van der Waals surface area contributed by atoms with E-state index in [1.807, 2.05) is 0 Å². The third-order valence-corrected chi connectivity index (χ3v) is 4.00. The first-order chi connectivity index (χ1) is 8.27.